The minimum absolute atomic E-state index is 0.00873. The summed E-state index contributed by atoms with van der Waals surface area (Å²) in [5.74, 6) is 0.269. The SMILES string of the molecule is CCc1ccc(C(=O)C(C)N(CC)C2CCCCC2)cc1. The molecule has 0 bridgehead atoms. The molecule has 0 saturated heterocycles. The molecule has 1 fully saturated rings. The van der Waals surface area contributed by atoms with Crippen LogP contribution in [-0.4, -0.2) is 29.3 Å². The molecule has 1 aromatic carbocycles. The number of rotatable bonds is 6. The minimum Gasteiger partial charge on any atom is -0.292 e. The summed E-state index contributed by atoms with van der Waals surface area (Å²) in [6.45, 7) is 7.36. The predicted octanol–water partition coefficient (Wildman–Crippen LogP) is 4.47. The number of Topliss-reactive ketones (excluding diaryl/α,β-unsaturated/α-hetero) is 1. The smallest absolute Gasteiger partial charge is 0.179 e. The van der Waals surface area contributed by atoms with Gasteiger partial charge in [0.05, 0.1) is 6.04 Å². The molecule has 2 heteroatoms. The lowest BCUT2D eigenvalue weighted by atomic mass is 9.92. The van der Waals surface area contributed by atoms with E-state index in [9.17, 15) is 4.79 Å². The third-order valence-electron chi connectivity index (χ3n) is 4.93. The Balaban J connectivity index is 2.07. The standard InChI is InChI=1S/C19H29NO/c1-4-16-11-13-17(14-12-16)19(21)15(3)20(5-2)18-9-7-6-8-10-18/h11-15,18H,4-10H2,1-3H3. The fourth-order valence-corrected chi connectivity index (χ4v) is 3.56. The lowest BCUT2D eigenvalue weighted by molar-refractivity contribution is 0.0718. The van der Waals surface area contributed by atoms with Gasteiger partial charge in [0.2, 0.25) is 0 Å². The Kier molecular flexibility index (Phi) is 5.98. The summed E-state index contributed by atoms with van der Waals surface area (Å²) in [5.41, 5.74) is 2.15. The van der Waals surface area contributed by atoms with Crippen molar-refractivity contribution in [2.75, 3.05) is 6.54 Å². The number of carbonyl (C=O) groups excluding carboxylic acids is 1. The first-order valence-electron chi connectivity index (χ1n) is 8.56. The van der Waals surface area contributed by atoms with E-state index in [0.717, 1.165) is 18.5 Å². The van der Waals surface area contributed by atoms with Crippen molar-refractivity contribution in [1.29, 1.82) is 0 Å². The summed E-state index contributed by atoms with van der Waals surface area (Å²) in [7, 11) is 0. The van der Waals surface area contributed by atoms with Crippen LogP contribution in [-0.2, 0) is 6.42 Å². The molecule has 21 heavy (non-hydrogen) atoms. The third-order valence-corrected chi connectivity index (χ3v) is 4.93. The van der Waals surface area contributed by atoms with Crippen LogP contribution in [0.2, 0.25) is 0 Å². The van der Waals surface area contributed by atoms with E-state index in [1.54, 1.807) is 0 Å². The number of aryl methyl sites for hydroxylation is 1. The normalized spacial score (nSPS) is 17.9. The minimum atomic E-state index is -0.00873. The molecule has 0 spiro atoms. The molecule has 2 nitrogen and oxygen atoms in total. The molecule has 0 N–H and O–H groups in total. The second-order valence-corrected chi connectivity index (χ2v) is 6.21. The average Bonchev–Trinajstić information content (AvgIpc) is 2.56. The molecule has 1 aromatic rings. The fraction of sp³-hybridized carbons (Fsp3) is 0.632. The third kappa shape index (κ3) is 3.94. The van der Waals surface area contributed by atoms with Crippen LogP contribution >= 0.6 is 0 Å². The first kappa shape index (κ1) is 16.2. The molecule has 0 aliphatic heterocycles. The molecule has 2 rings (SSSR count). The summed E-state index contributed by atoms with van der Waals surface area (Å²) < 4.78 is 0. The van der Waals surface area contributed by atoms with Crippen molar-refractivity contribution in [2.45, 2.75) is 71.4 Å². The maximum atomic E-state index is 12.7. The van der Waals surface area contributed by atoms with E-state index in [2.05, 4.69) is 37.8 Å². The van der Waals surface area contributed by atoms with Crippen LogP contribution in [0.4, 0.5) is 0 Å². The molecule has 1 aliphatic carbocycles. The highest BCUT2D eigenvalue weighted by atomic mass is 16.1. The second-order valence-electron chi connectivity index (χ2n) is 6.21. The molecule has 0 amide bonds. The van der Waals surface area contributed by atoms with Gasteiger partial charge in [-0.05, 0) is 38.3 Å². The lowest BCUT2D eigenvalue weighted by Crippen LogP contribution is -2.46. The van der Waals surface area contributed by atoms with E-state index in [1.165, 1.54) is 37.7 Å². The van der Waals surface area contributed by atoms with Crippen LogP contribution in [0.15, 0.2) is 24.3 Å². The largest absolute Gasteiger partial charge is 0.292 e. The fourth-order valence-electron chi connectivity index (χ4n) is 3.56. The van der Waals surface area contributed by atoms with Crippen LogP contribution in [0.25, 0.3) is 0 Å². The van der Waals surface area contributed by atoms with Crippen LogP contribution in [0.5, 0.6) is 0 Å². The van der Waals surface area contributed by atoms with Crippen LogP contribution in [0.1, 0.15) is 68.8 Å². The van der Waals surface area contributed by atoms with Crippen molar-refractivity contribution in [2.24, 2.45) is 0 Å². The summed E-state index contributed by atoms with van der Waals surface area (Å²) >= 11 is 0. The number of benzene rings is 1. The summed E-state index contributed by atoms with van der Waals surface area (Å²) in [6, 6.07) is 8.73. The second kappa shape index (κ2) is 7.74. The van der Waals surface area contributed by atoms with E-state index in [0.29, 0.717) is 6.04 Å². The highest BCUT2D eigenvalue weighted by Gasteiger charge is 2.28. The van der Waals surface area contributed by atoms with Crippen LogP contribution in [0.3, 0.4) is 0 Å². The Morgan fingerprint density at radius 2 is 1.76 bits per heavy atom. The number of likely N-dealkylation sites (N-methyl/N-ethyl adjacent to an activating group) is 1. The van der Waals surface area contributed by atoms with Gasteiger partial charge in [0.1, 0.15) is 0 Å². The van der Waals surface area contributed by atoms with E-state index < -0.39 is 0 Å². The Morgan fingerprint density at radius 3 is 2.29 bits per heavy atom. The zero-order valence-corrected chi connectivity index (χ0v) is 13.8. The molecular formula is C19H29NO. The van der Waals surface area contributed by atoms with Gasteiger partial charge in [-0.2, -0.15) is 0 Å². The van der Waals surface area contributed by atoms with E-state index in [1.807, 2.05) is 12.1 Å². The molecule has 116 valence electrons. The van der Waals surface area contributed by atoms with Crippen molar-refractivity contribution < 1.29 is 4.79 Å². The Hall–Kier alpha value is -1.15. The number of hydrogen-bond donors (Lipinski definition) is 0. The maximum absolute atomic E-state index is 12.7. The quantitative estimate of drug-likeness (QED) is 0.719. The maximum Gasteiger partial charge on any atom is 0.179 e. The zero-order valence-electron chi connectivity index (χ0n) is 13.8. The van der Waals surface area contributed by atoms with Crippen molar-refractivity contribution in [3.8, 4) is 0 Å². The van der Waals surface area contributed by atoms with E-state index in [-0.39, 0.29) is 11.8 Å². The molecule has 1 aliphatic rings. The van der Waals surface area contributed by atoms with E-state index in [4.69, 9.17) is 0 Å². The van der Waals surface area contributed by atoms with Gasteiger partial charge in [-0.3, -0.25) is 9.69 Å². The molecule has 1 atom stereocenters. The molecule has 0 heterocycles. The number of nitrogens with zero attached hydrogens (tertiary/aromatic N) is 1. The van der Waals surface area contributed by atoms with Gasteiger partial charge in [0.25, 0.3) is 0 Å². The van der Waals surface area contributed by atoms with Crippen molar-refractivity contribution >= 4 is 5.78 Å². The number of hydrogen-bond acceptors (Lipinski definition) is 2. The molecular weight excluding hydrogens is 258 g/mol. The molecule has 0 aromatic heterocycles. The summed E-state index contributed by atoms with van der Waals surface area (Å²) in [5, 5.41) is 0. The lowest BCUT2D eigenvalue weighted by Gasteiger charge is -2.37. The number of ketones is 1. The predicted molar refractivity (Wildman–Crippen MR) is 88.9 cm³/mol. The van der Waals surface area contributed by atoms with Gasteiger partial charge in [-0.1, -0.05) is 57.4 Å². The van der Waals surface area contributed by atoms with Gasteiger partial charge >= 0.3 is 0 Å². The highest BCUT2D eigenvalue weighted by molar-refractivity contribution is 5.99. The first-order valence-corrected chi connectivity index (χ1v) is 8.56. The topological polar surface area (TPSA) is 20.3 Å². The van der Waals surface area contributed by atoms with Crippen LogP contribution < -0.4 is 0 Å². The molecule has 1 unspecified atom stereocenters. The zero-order chi connectivity index (χ0) is 15.2. The van der Waals surface area contributed by atoms with Gasteiger partial charge < -0.3 is 0 Å². The number of carbonyl (C=O) groups is 1. The van der Waals surface area contributed by atoms with Gasteiger partial charge in [0, 0.05) is 11.6 Å². The van der Waals surface area contributed by atoms with Crippen molar-refractivity contribution in [1.82, 2.24) is 4.90 Å². The van der Waals surface area contributed by atoms with Crippen molar-refractivity contribution in [3.05, 3.63) is 35.4 Å². The summed E-state index contributed by atoms with van der Waals surface area (Å²) in [4.78, 5) is 15.2. The van der Waals surface area contributed by atoms with Crippen LogP contribution in [0, 0.1) is 0 Å². The van der Waals surface area contributed by atoms with Gasteiger partial charge in [-0.15, -0.1) is 0 Å². The molecule has 0 radical (unpaired) electrons. The van der Waals surface area contributed by atoms with Crippen molar-refractivity contribution in [3.63, 3.8) is 0 Å². The first-order chi connectivity index (χ1) is 10.2. The average molecular weight is 287 g/mol. The highest BCUT2D eigenvalue weighted by Crippen LogP contribution is 2.25. The van der Waals surface area contributed by atoms with Gasteiger partial charge in [-0.25, -0.2) is 0 Å². The summed E-state index contributed by atoms with van der Waals surface area (Å²) in [6.07, 6.45) is 7.50. The van der Waals surface area contributed by atoms with E-state index >= 15 is 0 Å². The van der Waals surface area contributed by atoms with Gasteiger partial charge in [0.15, 0.2) is 5.78 Å². The molecule has 1 saturated carbocycles. The Labute approximate surface area is 129 Å². The Bertz CT molecular complexity index is 445. The monoisotopic (exact) mass is 287 g/mol. The Morgan fingerprint density at radius 1 is 1.14 bits per heavy atom.